The van der Waals surface area contributed by atoms with Gasteiger partial charge in [-0.25, -0.2) is 4.98 Å². The van der Waals surface area contributed by atoms with Crippen LogP contribution in [0.3, 0.4) is 0 Å². The Balaban J connectivity index is 1.64. The van der Waals surface area contributed by atoms with Crippen LogP contribution < -0.4 is 20.1 Å². The van der Waals surface area contributed by atoms with E-state index in [1.54, 1.807) is 6.20 Å². The number of fused-ring (bicyclic) bond motifs is 1. The van der Waals surface area contributed by atoms with Gasteiger partial charge >= 0.3 is 0 Å². The zero-order valence-corrected chi connectivity index (χ0v) is 12.1. The Labute approximate surface area is 123 Å². The van der Waals surface area contributed by atoms with E-state index in [2.05, 4.69) is 34.4 Å². The topological polar surface area (TPSA) is 68.3 Å². The standard InChI is InChI=1S/C15H18N4O2/c1-10(2)18-15-16-6-5-14(19-15)17-8-11-3-4-12-13(7-11)21-9-20-12/h3-7,10H,8-9H2,1-2H3,(H2,16,17,18,19). The van der Waals surface area contributed by atoms with Crippen molar-refractivity contribution in [2.24, 2.45) is 0 Å². The summed E-state index contributed by atoms with van der Waals surface area (Å²) in [5.41, 5.74) is 1.11. The molecule has 0 aliphatic carbocycles. The number of hydrogen-bond acceptors (Lipinski definition) is 6. The van der Waals surface area contributed by atoms with Gasteiger partial charge in [0.05, 0.1) is 0 Å². The quantitative estimate of drug-likeness (QED) is 0.880. The van der Waals surface area contributed by atoms with Gasteiger partial charge in [-0.1, -0.05) is 6.07 Å². The van der Waals surface area contributed by atoms with E-state index in [4.69, 9.17) is 9.47 Å². The average molecular weight is 286 g/mol. The lowest BCUT2D eigenvalue weighted by Gasteiger charge is -2.10. The summed E-state index contributed by atoms with van der Waals surface area (Å²) in [6, 6.07) is 8.05. The van der Waals surface area contributed by atoms with E-state index in [0.717, 1.165) is 22.9 Å². The molecule has 6 heteroatoms. The Morgan fingerprint density at radius 2 is 2.05 bits per heavy atom. The molecule has 3 rings (SSSR count). The van der Waals surface area contributed by atoms with Crippen LogP contribution in [0.5, 0.6) is 11.5 Å². The van der Waals surface area contributed by atoms with Gasteiger partial charge in [-0.05, 0) is 37.6 Å². The third kappa shape index (κ3) is 3.34. The molecule has 110 valence electrons. The van der Waals surface area contributed by atoms with Crippen molar-refractivity contribution in [1.29, 1.82) is 0 Å². The number of hydrogen-bond donors (Lipinski definition) is 2. The smallest absolute Gasteiger partial charge is 0.231 e. The van der Waals surface area contributed by atoms with Gasteiger partial charge in [0, 0.05) is 18.8 Å². The fourth-order valence-corrected chi connectivity index (χ4v) is 2.03. The van der Waals surface area contributed by atoms with Crippen molar-refractivity contribution in [2.45, 2.75) is 26.4 Å². The highest BCUT2D eigenvalue weighted by molar-refractivity contribution is 5.46. The molecule has 0 fully saturated rings. The Morgan fingerprint density at radius 1 is 1.19 bits per heavy atom. The van der Waals surface area contributed by atoms with Gasteiger partial charge < -0.3 is 20.1 Å². The molecule has 0 saturated heterocycles. The van der Waals surface area contributed by atoms with E-state index >= 15 is 0 Å². The minimum absolute atomic E-state index is 0.294. The van der Waals surface area contributed by atoms with Crippen LogP contribution >= 0.6 is 0 Å². The number of aromatic nitrogens is 2. The maximum Gasteiger partial charge on any atom is 0.231 e. The summed E-state index contributed by atoms with van der Waals surface area (Å²) in [7, 11) is 0. The number of ether oxygens (including phenoxy) is 2. The molecule has 0 atom stereocenters. The average Bonchev–Trinajstić information content (AvgIpc) is 2.92. The number of nitrogens with one attached hydrogen (secondary N) is 2. The Kier molecular flexibility index (Phi) is 3.77. The van der Waals surface area contributed by atoms with Crippen molar-refractivity contribution in [3.8, 4) is 11.5 Å². The maximum absolute atomic E-state index is 5.37. The minimum atomic E-state index is 0.294. The molecular formula is C15H18N4O2. The van der Waals surface area contributed by atoms with Gasteiger partial charge in [-0.2, -0.15) is 4.98 Å². The molecule has 0 amide bonds. The predicted molar refractivity (Wildman–Crippen MR) is 80.7 cm³/mol. The highest BCUT2D eigenvalue weighted by Gasteiger charge is 2.13. The van der Waals surface area contributed by atoms with Gasteiger partial charge in [0.2, 0.25) is 12.7 Å². The second kappa shape index (κ2) is 5.87. The lowest BCUT2D eigenvalue weighted by atomic mass is 10.2. The van der Waals surface area contributed by atoms with Gasteiger partial charge in [0.25, 0.3) is 0 Å². The Hall–Kier alpha value is -2.50. The van der Waals surface area contributed by atoms with Gasteiger partial charge in [-0.15, -0.1) is 0 Å². The number of anilines is 2. The zero-order chi connectivity index (χ0) is 14.7. The summed E-state index contributed by atoms with van der Waals surface area (Å²) >= 11 is 0. The molecule has 1 aliphatic rings. The molecule has 1 aromatic carbocycles. The van der Waals surface area contributed by atoms with Crippen molar-refractivity contribution in [2.75, 3.05) is 17.4 Å². The lowest BCUT2D eigenvalue weighted by Crippen LogP contribution is -2.13. The van der Waals surface area contributed by atoms with Crippen LogP contribution in [0.4, 0.5) is 11.8 Å². The van der Waals surface area contributed by atoms with Crippen molar-refractivity contribution < 1.29 is 9.47 Å². The van der Waals surface area contributed by atoms with Gasteiger partial charge in [0.1, 0.15) is 5.82 Å². The van der Waals surface area contributed by atoms with E-state index in [-0.39, 0.29) is 0 Å². The summed E-state index contributed by atoms with van der Waals surface area (Å²) in [5, 5.41) is 6.46. The summed E-state index contributed by atoms with van der Waals surface area (Å²) in [6.07, 6.45) is 1.74. The van der Waals surface area contributed by atoms with E-state index in [1.807, 2.05) is 24.3 Å². The first-order chi connectivity index (χ1) is 10.2. The third-order valence-corrected chi connectivity index (χ3v) is 2.98. The molecule has 1 aliphatic heterocycles. The van der Waals surface area contributed by atoms with Gasteiger partial charge in [0.15, 0.2) is 11.5 Å². The third-order valence-electron chi connectivity index (χ3n) is 2.98. The molecule has 0 unspecified atom stereocenters. The van der Waals surface area contributed by atoms with Crippen LogP contribution in [0.1, 0.15) is 19.4 Å². The predicted octanol–water partition coefficient (Wildman–Crippen LogP) is 2.64. The summed E-state index contributed by atoms with van der Waals surface area (Å²) in [5.74, 6) is 3.00. The lowest BCUT2D eigenvalue weighted by molar-refractivity contribution is 0.174. The molecule has 6 nitrogen and oxygen atoms in total. The highest BCUT2D eigenvalue weighted by atomic mass is 16.7. The van der Waals surface area contributed by atoms with Gasteiger partial charge in [-0.3, -0.25) is 0 Å². The van der Waals surface area contributed by atoms with Crippen molar-refractivity contribution in [1.82, 2.24) is 9.97 Å². The molecule has 2 heterocycles. The van der Waals surface area contributed by atoms with Crippen LogP contribution in [0.15, 0.2) is 30.5 Å². The molecule has 2 aromatic rings. The van der Waals surface area contributed by atoms with Crippen LogP contribution in [0, 0.1) is 0 Å². The molecule has 0 radical (unpaired) electrons. The van der Waals surface area contributed by atoms with E-state index in [1.165, 1.54) is 0 Å². The zero-order valence-electron chi connectivity index (χ0n) is 12.1. The first-order valence-electron chi connectivity index (χ1n) is 6.93. The number of benzene rings is 1. The Morgan fingerprint density at radius 3 is 2.90 bits per heavy atom. The first-order valence-corrected chi connectivity index (χ1v) is 6.93. The minimum Gasteiger partial charge on any atom is -0.454 e. The molecular weight excluding hydrogens is 268 g/mol. The number of rotatable bonds is 5. The molecule has 1 aromatic heterocycles. The summed E-state index contributed by atoms with van der Waals surface area (Å²) < 4.78 is 10.7. The van der Waals surface area contributed by atoms with Crippen LogP contribution in [-0.4, -0.2) is 22.8 Å². The SMILES string of the molecule is CC(C)Nc1nccc(NCc2ccc3c(c2)OCO3)n1. The largest absolute Gasteiger partial charge is 0.454 e. The molecule has 2 N–H and O–H groups in total. The second-order valence-electron chi connectivity index (χ2n) is 5.11. The normalized spacial score (nSPS) is 12.5. The monoisotopic (exact) mass is 286 g/mol. The van der Waals surface area contributed by atoms with Crippen LogP contribution in [0.25, 0.3) is 0 Å². The summed E-state index contributed by atoms with van der Waals surface area (Å²) in [6.45, 7) is 5.06. The first kappa shape index (κ1) is 13.5. The molecule has 0 bridgehead atoms. The fourth-order valence-electron chi connectivity index (χ4n) is 2.03. The van der Waals surface area contributed by atoms with E-state index in [9.17, 15) is 0 Å². The van der Waals surface area contributed by atoms with Crippen molar-refractivity contribution in [3.05, 3.63) is 36.0 Å². The van der Waals surface area contributed by atoms with Crippen molar-refractivity contribution >= 4 is 11.8 Å². The molecule has 0 saturated carbocycles. The maximum atomic E-state index is 5.37. The van der Waals surface area contributed by atoms with E-state index < -0.39 is 0 Å². The van der Waals surface area contributed by atoms with Crippen molar-refractivity contribution in [3.63, 3.8) is 0 Å². The van der Waals surface area contributed by atoms with Crippen LogP contribution in [0.2, 0.25) is 0 Å². The molecule has 21 heavy (non-hydrogen) atoms. The molecule has 0 spiro atoms. The Bertz CT molecular complexity index is 631. The fraction of sp³-hybridized carbons (Fsp3) is 0.333. The van der Waals surface area contributed by atoms with Crippen LogP contribution in [-0.2, 0) is 6.54 Å². The number of nitrogens with zero attached hydrogens (tertiary/aromatic N) is 2. The second-order valence-corrected chi connectivity index (χ2v) is 5.11. The highest BCUT2D eigenvalue weighted by Crippen LogP contribution is 2.32. The van der Waals surface area contributed by atoms with E-state index in [0.29, 0.717) is 25.3 Å². The summed E-state index contributed by atoms with van der Waals surface area (Å²) in [4.78, 5) is 8.59.